The minimum Gasteiger partial charge on any atom is -0.368 e. The van der Waals surface area contributed by atoms with Crippen LogP contribution in [-0.2, 0) is 13.6 Å². The number of hydrogen-bond donors (Lipinski definition) is 1. The monoisotopic (exact) mass is 292 g/mol. The number of para-hydroxylation sites is 1. The molecule has 0 bridgehead atoms. The van der Waals surface area contributed by atoms with Gasteiger partial charge in [-0.05, 0) is 29.8 Å². The maximum atomic E-state index is 12.7. The van der Waals surface area contributed by atoms with E-state index < -0.39 is 13.4 Å². The van der Waals surface area contributed by atoms with Crippen LogP contribution >= 0.6 is 7.60 Å². The lowest BCUT2D eigenvalue weighted by Crippen LogP contribution is -2.13. The van der Waals surface area contributed by atoms with Crippen LogP contribution in [0.5, 0.6) is 0 Å². The predicted molar refractivity (Wildman–Crippen MR) is 78.7 cm³/mol. The molecule has 20 heavy (non-hydrogen) atoms. The van der Waals surface area contributed by atoms with Crippen molar-refractivity contribution in [2.45, 2.75) is 5.78 Å². The molecule has 1 aromatic heterocycles. The molecule has 5 nitrogen and oxygen atoms in total. The third kappa shape index (κ3) is 3.25. The van der Waals surface area contributed by atoms with Crippen LogP contribution in [-0.4, -0.2) is 19.2 Å². The van der Waals surface area contributed by atoms with Gasteiger partial charge in [0.1, 0.15) is 0 Å². The van der Waals surface area contributed by atoms with Crippen molar-refractivity contribution in [3.63, 3.8) is 0 Å². The zero-order chi connectivity index (χ0) is 14.4. The summed E-state index contributed by atoms with van der Waals surface area (Å²) in [5.41, 5.74) is 1.62. The molecule has 0 aliphatic heterocycles. The smallest absolute Gasteiger partial charge is 0.356 e. The molecule has 0 spiro atoms. The number of anilines is 1. The number of pyridine rings is 1. The summed E-state index contributed by atoms with van der Waals surface area (Å²) in [5, 5.41) is 3.20. The standard InChI is InChI=1S/C14H17N2O3P/c1-18-20(17,19-2)14(12-8-10-15-11-9-12)16-13-6-4-3-5-7-13/h3-11,14,16H,1-2H3. The summed E-state index contributed by atoms with van der Waals surface area (Å²) in [6, 6.07) is 13.1. The van der Waals surface area contributed by atoms with Crippen LogP contribution in [0.25, 0.3) is 0 Å². The van der Waals surface area contributed by atoms with E-state index in [1.54, 1.807) is 24.5 Å². The first kappa shape index (κ1) is 14.7. The lowest BCUT2D eigenvalue weighted by atomic mass is 10.2. The molecule has 2 rings (SSSR count). The second-order valence-corrected chi connectivity index (χ2v) is 6.42. The summed E-state index contributed by atoms with van der Waals surface area (Å²) >= 11 is 0. The zero-order valence-corrected chi connectivity index (χ0v) is 12.3. The third-order valence-corrected chi connectivity index (χ3v) is 5.00. The Morgan fingerprint density at radius 3 is 2.20 bits per heavy atom. The first-order valence-electron chi connectivity index (χ1n) is 6.12. The average Bonchev–Trinajstić information content (AvgIpc) is 2.54. The molecule has 1 heterocycles. The molecular weight excluding hydrogens is 275 g/mol. The van der Waals surface area contributed by atoms with Gasteiger partial charge in [0.15, 0.2) is 5.78 Å². The van der Waals surface area contributed by atoms with Crippen LogP contribution in [0.3, 0.4) is 0 Å². The van der Waals surface area contributed by atoms with Gasteiger partial charge >= 0.3 is 7.60 Å². The molecular formula is C14H17N2O3P. The van der Waals surface area contributed by atoms with E-state index in [1.165, 1.54) is 14.2 Å². The third-order valence-electron chi connectivity index (χ3n) is 2.92. The number of hydrogen-bond acceptors (Lipinski definition) is 5. The molecule has 0 aliphatic carbocycles. The molecule has 1 aromatic carbocycles. The summed E-state index contributed by atoms with van der Waals surface area (Å²) in [4.78, 5) is 3.97. The number of benzene rings is 1. The lowest BCUT2D eigenvalue weighted by molar-refractivity contribution is 0.268. The van der Waals surface area contributed by atoms with Gasteiger partial charge in [0.2, 0.25) is 0 Å². The fraction of sp³-hybridized carbons (Fsp3) is 0.214. The van der Waals surface area contributed by atoms with E-state index >= 15 is 0 Å². The SMILES string of the molecule is COP(=O)(OC)C(Nc1ccccc1)c1ccncc1. The van der Waals surface area contributed by atoms with Crippen molar-refractivity contribution >= 4 is 13.3 Å². The molecule has 106 valence electrons. The Labute approximate surface area is 118 Å². The van der Waals surface area contributed by atoms with Crippen molar-refractivity contribution in [2.75, 3.05) is 19.5 Å². The first-order valence-corrected chi connectivity index (χ1v) is 7.73. The summed E-state index contributed by atoms with van der Waals surface area (Å²) in [7, 11) is -0.557. The molecule has 2 aromatic rings. The van der Waals surface area contributed by atoms with E-state index in [1.807, 2.05) is 30.3 Å². The molecule has 0 amide bonds. The summed E-state index contributed by atoms with van der Waals surface area (Å²) < 4.78 is 23.0. The van der Waals surface area contributed by atoms with Crippen LogP contribution in [0.15, 0.2) is 54.9 Å². The molecule has 0 aliphatic rings. The zero-order valence-electron chi connectivity index (χ0n) is 11.4. The Morgan fingerprint density at radius 2 is 1.65 bits per heavy atom. The molecule has 0 radical (unpaired) electrons. The highest BCUT2D eigenvalue weighted by Crippen LogP contribution is 2.59. The first-order chi connectivity index (χ1) is 9.69. The number of rotatable bonds is 6. The van der Waals surface area contributed by atoms with Gasteiger partial charge in [-0.15, -0.1) is 0 Å². The normalized spacial score (nSPS) is 12.9. The van der Waals surface area contributed by atoms with Crippen molar-refractivity contribution < 1.29 is 13.6 Å². The van der Waals surface area contributed by atoms with Gasteiger partial charge in [0, 0.05) is 32.3 Å². The molecule has 1 unspecified atom stereocenters. The molecule has 1 N–H and O–H groups in total. The number of nitrogens with one attached hydrogen (secondary N) is 1. The van der Waals surface area contributed by atoms with Crippen LogP contribution < -0.4 is 5.32 Å². The second-order valence-electron chi connectivity index (χ2n) is 4.10. The van der Waals surface area contributed by atoms with Crippen molar-refractivity contribution in [3.8, 4) is 0 Å². The Morgan fingerprint density at radius 1 is 1.05 bits per heavy atom. The van der Waals surface area contributed by atoms with Crippen LogP contribution in [0, 0.1) is 0 Å². The van der Waals surface area contributed by atoms with E-state index in [-0.39, 0.29) is 0 Å². The summed E-state index contributed by atoms with van der Waals surface area (Å²) in [6.45, 7) is 0. The molecule has 0 saturated carbocycles. The van der Waals surface area contributed by atoms with Crippen LogP contribution in [0.4, 0.5) is 5.69 Å². The van der Waals surface area contributed by atoms with E-state index in [0.717, 1.165) is 11.3 Å². The second kappa shape index (κ2) is 6.66. The highest BCUT2D eigenvalue weighted by Gasteiger charge is 2.35. The summed E-state index contributed by atoms with van der Waals surface area (Å²) in [6.07, 6.45) is 3.29. The minimum atomic E-state index is -3.32. The Hall–Kier alpha value is -1.68. The van der Waals surface area contributed by atoms with Crippen molar-refractivity contribution in [1.82, 2.24) is 4.98 Å². The Balaban J connectivity index is 2.37. The Bertz CT molecular complexity index is 569. The van der Waals surface area contributed by atoms with Crippen molar-refractivity contribution in [1.29, 1.82) is 0 Å². The molecule has 0 fully saturated rings. The molecule has 0 saturated heterocycles. The minimum absolute atomic E-state index is 0.595. The quantitative estimate of drug-likeness (QED) is 0.823. The topological polar surface area (TPSA) is 60.5 Å². The van der Waals surface area contributed by atoms with Crippen LogP contribution in [0.2, 0.25) is 0 Å². The fourth-order valence-electron chi connectivity index (χ4n) is 1.87. The molecule has 6 heteroatoms. The number of nitrogens with zero attached hydrogens (tertiary/aromatic N) is 1. The van der Waals surface area contributed by atoms with E-state index in [4.69, 9.17) is 9.05 Å². The maximum Gasteiger partial charge on any atom is 0.356 e. The largest absolute Gasteiger partial charge is 0.368 e. The number of aromatic nitrogens is 1. The van der Waals surface area contributed by atoms with Gasteiger partial charge in [0.25, 0.3) is 0 Å². The van der Waals surface area contributed by atoms with E-state index in [2.05, 4.69) is 10.3 Å². The highest BCUT2D eigenvalue weighted by molar-refractivity contribution is 7.54. The van der Waals surface area contributed by atoms with Gasteiger partial charge in [0.05, 0.1) is 0 Å². The van der Waals surface area contributed by atoms with Gasteiger partial charge in [-0.2, -0.15) is 0 Å². The van der Waals surface area contributed by atoms with Crippen molar-refractivity contribution in [3.05, 3.63) is 60.4 Å². The predicted octanol–water partition coefficient (Wildman–Crippen LogP) is 3.68. The average molecular weight is 292 g/mol. The van der Waals surface area contributed by atoms with Crippen LogP contribution in [0.1, 0.15) is 11.3 Å². The fourth-order valence-corrected chi connectivity index (χ4v) is 3.28. The van der Waals surface area contributed by atoms with Crippen molar-refractivity contribution in [2.24, 2.45) is 0 Å². The van der Waals surface area contributed by atoms with E-state index in [0.29, 0.717) is 0 Å². The summed E-state index contributed by atoms with van der Waals surface area (Å²) in [5.74, 6) is -0.595. The van der Waals surface area contributed by atoms with Gasteiger partial charge in [-0.25, -0.2) is 0 Å². The van der Waals surface area contributed by atoms with Gasteiger partial charge < -0.3 is 14.4 Å². The maximum absolute atomic E-state index is 12.7. The molecule has 1 atom stereocenters. The van der Waals surface area contributed by atoms with Gasteiger partial charge in [-0.1, -0.05) is 18.2 Å². The lowest BCUT2D eigenvalue weighted by Gasteiger charge is -2.26. The van der Waals surface area contributed by atoms with E-state index in [9.17, 15) is 4.57 Å². The highest BCUT2D eigenvalue weighted by atomic mass is 31.2. The van der Waals surface area contributed by atoms with Gasteiger partial charge in [-0.3, -0.25) is 9.55 Å². The Kier molecular flexibility index (Phi) is 4.90.